The number of nitrogens with one attached hydrogen (secondary N) is 1. The Morgan fingerprint density at radius 1 is 1.14 bits per heavy atom. The lowest BCUT2D eigenvalue weighted by Gasteiger charge is -2.08. The number of rotatable bonds is 4. The molecule has 7 heteroatoms. The maximum absolute atomic E-state index is 12.4. The van der Waals surface area contributed by atoms with Crippen molar-refractivity contribution in [3.05, 3.63) is 89.1 Å². The first-order chi connectivity index (χ1) is 14.1. The number of nitriles is 1. The highest BCUT2D eigenvalue weighted by atomic mass is 35.5. The normalized spacial score (nSPS) is 10.9. The molecule has 1 amide bonds. The molecule has 0 aliphatic rings. The Morgan fingerprint density at radius 2 is 2.00 bits per heavy atom. The highest BCUT2D eigenvalue weighted by molar-refractivity contribution is 6.30. The summed E-state index contributed by atoms with van der Waals surface area (Å²) < 4.78 is 1.44. The zero-order chi connectivity index (χ0) is 20.2. The number of halogens is 1. The van der Waals surface area contributed by atoms with Crippen LogP contribution in [0.4, 0.5) is 5.82 Å². The molecular formula is C22H14ClN5O. The van der Waals surface area contributed by atoms with Crippen LogP contribution in [0.2, 0.25) is 5.02 Å². The average Bonchev–Trinajstić information content (AvgIpc) is 3.14. The monoisotopic (exact) mass is 399 g/mol. The number of carbonyl (C=O) groups is 1. The van der Waals surface area contributed by atoms with E-state index >= 15 is 0 Å². The van der Waals surface area contributed by atoms with Gasteiger partial charge in [-0.1, -0.05) is 41.9 Å². The number of benzene rings is 2. The minimum absolute atomic E-state index is 0.240. The quantitative estimate of drug-likeness (QED) is 0.508. The maximum Gasteiger partial charge on any atom is 0.249 e. The Morgan fingerprint density at radius 3 is 2.83 bits per heavy atom. The number of anilines is 1. The van der Waals surface area contributed by atoms with Crippen LogP contribution in [0.1, 0.15) is 11.1 Å². The molecule has 6 nitrogen and oxygen atoms in total. The van der Waals surface area contributed by atoms with Crippen molar-refractivity contribution < 1.29 is 4.79 Å². The number of hydrogen-bond acceptors (Lipinski definition) is 4. The molecular weight excluding hydrogens is 386 g/mol. The van der Waals surface area contributed by atoms with Gasteiger partial charge < -0.3 is 5.32 Å². The van der Waals surface area contributed by atoms with Crippen molar-refractivity contribution in [3.8, 4) is 11.9 Å². The molecule has 1 N–H and O–H groups in total. The van der Waals surface area contributed by atoms with Crippen LogP contribution >= 0.6 is 11.6 Å². The first-order valence-electron chi connectivity index (χ1n) is 8.73. The van der Waals surface area contributed by atoms with E-state index in [2.05, 4.69) is 15.4 Å². The van der Waals surface area contributed by atoms with Crippen LogP contribution in [-0.2, 0) is 4.79 Å². The second-order valence-corrected chi connectivity index (χ2v) is 6.61. The fourth-order valence-electron chi connectivity index (χ4n) is 2.84. The number of para-hydroxylation sites is 1. The van der Waals surface area contributed by atoms with Gasteiger partial charge in [0.05, 0.1) is 11.7 Å². The van der Waals surface area contributed by atoms with E-state index in [0.717, 1.165) is 16.5 Å². The number of carbonyl (C=O) groups excluding carboxylic acids is 1. The summed E-state index contributed by atoms with van der Waals surface area (Å²) >= 11 is 5.96. The van der Waals surface area contributed by atoms with Crippen LogP contribution in [0.15, 0.2) is 72.9 Å². The van der Waals surface area contributed by atoms with Gasteiger partial charge in [-0.3, -0.25) is 4.79 Å². The first kappa shape index (κ1) is 18.4. The molecule has 2 aromatic heterocycles. The predicted octanol–water partition coefficient (Wildman–Crippen LogP) is 4.60. The van der Waals surface area contributed by atoms with E-state index in [9.17, 15) is 10.1 Å². The zero-order valence-electron chi connectivity index (χ0n) is 15.1. The molecule has 0 saturated heterocycles. The molecule has 0 fully saturated rings. The number of pyridine rings is 1. The van der Waals surface area contributed by atoms with Crippen LogP contribution < -0.4 is 5.32 Å². The van der Waals surface area contributed by atoms with Gasteiger partial charge in [-0.05, 0) is 42.0 Å². The van der Waals surface area contributed by atoms with Crippen molar-refractivity contribution in [1.29, 1.82) is 5.26 Å². The zero-order valence-corrected chi connectivity index (χ0v) is 15.8. The van der Waals surface area contributed by atoms with Crippen molar-refractivity contribution in [3.63, 3.8) is 0 Å². The number of nitrogens with zero attached hydrogens (tertiary/aromatic N) is 4. The van der Waals surface area contributed by atoms with E-state index in [4.69, 9.17) is 11.6 Å². The molecule has 0 bridgehead atoms. The molecule has 140 valence electrons. The topological polar surface area (TPSA) is 83.6 Å². The lowest BCUT2D eigenvalue weighted by molar-refractivity contribution is -0.111. The number of aromatic nitrogens is 3. The van der Waals surface area contributed by atoms with E-state index in [0.29, 0.717) is 10.8 Å². The van der Waals surface area contributed by atoms with Crippen LogP contribution in [0.5, 0.6) is 0 Å². The Hall–Kier alpha value is -3.95. The highest BCUT2D eigenvalue weighted by Gasteiger charge is 2.15. The van der Waals surface area contributed by atoms with Gasteiger partial charge in [0, 0.05) is 16.5 Å². The Kier molecular flexibility index (Phi) is 5.06. The summed E-state index contributed by atoms with van der Waals surface area (Å²) in [5.41, 5.74) is 1.82. The van der Waals surface area contributed by atoms with Gasteiger partial charge in [-0.25, -0.2) is 4.98 Å². The molecule has 0 unspecified atom stereocenters. The smallest absolute Gasteiger partial charge is 0.249 e. The minimum Gasteiger partial charge on any atom is -0.306 e. The Balaban J connectivity index is 1.64. The molecule has 29 heavy (non-hydrogen) atoms. The molecule has 0 spiro atoms. The fraction of sp³-hybridized carbons (Fsp3) is 0. The van der Waals surface area contributed by atoms with E-state index in [1.165, 1.54) is 17.0 Å². The lowest BCUT2D eigenvalue weighted by Crippen LogP contribution is -2.14. The fourth-order valence-corrected chi connectivity index (χ4v) is 3.04. The minimum atomic E-state index is -0.399. The van der Waals surface area contributed by atoms with Crippen molar-refractivity contribution in [2.75, 3.05) is 5.32 Å². The van der Waals surface area contributed by atoms with Gasteiger partial charge in [0.15, 0.2) is 11.6 Å². The van der Waals surface area contributed by atoms with Crippen LogP contribution in [0.3, 0.4) is 0 Å². The van der Waals surface area contributed by atoms with Crippen LogP contribution in [0.25, 0.3) is 22.8 Å². The van der Waals surface area contributed by atoms with Crippen molar-refractivity contribution in [1.82, 2.24) is 14.8 Å². The summed E-state index contributed by atoms with van der Waals surface area (Å²) in [6, 6.07) is 20.6. The summed E-state index contributed by atoms with van der Waals surface area (Å²) in [5, 5.41) is 17.9. The first-order valence-corrected chi connectivity index (χ1v) is 9.11. The molecule has 2 heterocycles. The number of fused-ring (bicyclic) bond motifs is 1. The molecule has 0 aliphatic carbocycles. The van der Waals surface area contributed by atoms with Crippen LogP contribution in [-0.4, -0.2) is 20.7 Å². The largest absolute Gasteiger partial charge is 0.306 e. The second-order valence-electron chi connectivity index (χ2n) is 6.17. The number of hydrogen-bond donors (Lipinski definition) is 1. The summed E-state index contributed by atoms with van der Waals surface area (Å²) in [5.74, 6) is 0.361. The molecule has 4 aromatic rings. The maximum atomic E-state index is 12.4. The van der Waals surface area contributed by atoms with Gasteiger partial charge in [0.2, 0.25) is 5.91 Å². The molecule has 0 radical (unpaired) electrons. The third kappa shape index (κ3) is 4.00. The van der Waals surface area contributed by atoms with Crippen LogP contribution in [0, 0.1) is 11.3 Å². The molecule has 4 rings (SSSR count). The van der Waals surface area contributed by atoms with E-state index in [1.54, 1.807) is 30.3 Å². The van der Waals surface area contributed by atoms with Crippen molar-refractivity contribution in [2.24, 2.45) is 0 Å². The summed E-state index contributed by atoms with van der Waals surface area (Å²) in [4.78, 5) is 17.0. The SMILES string of the molecule is N#Cc1cnn(-c2ccc3ccccc3n2)c1NC(=O)/C=C/c1cccc(Cl)c1. The van der Waals surface area contributed by atoms with E-state index < -0.39 is 5.91 Å². The molecule has 0 aliphatic heterocycles. The summed E-state index contributed by atoms with van der Waals surface area (Å²) in [6.45, 7) is 0. The second kappa shape index (κ2) is 7.97. The van der Waals surface area contributed by atoms with Gasteiger partial charge in [-0.2, -0.15) is 15.0 Å². The van der Waals surface area contributed by atoms with E-state index in [1.807, 2.05) is 42.5 Å². The highest BCUT2D eigenvalue weighted by Crippen LogP contribution is 2.21. The standard InChI is InChI=1S/C22H14ClN5O/c23-18-6-3-4-15(12-18)8-11-21(29)27-22-17(13-24)14-25-28(22)20-10-9-16-5-1-2-7-19(16)26-20/h1-12,14H,(H,27,29)/b11-8+. The van der Waals surface area contributed by atoms with E-state index in [-0.39, 0.29) is 11.4 Å². The molecule has 2 aromatic carbocycles. The third-order valence-corrected chi connectivity index (χ3v) is 4.44. The number of amides is 1. The van der Waals surface area contributed by atoms with Crippen molar-refractivity contribution in [2.45, 2.75) is 0 Å². The summed E-state index contributed by atoms with van der Waals surface area (Å²) in [6.07, 6.45) is 4.41. The van der Waals surface area contributed by atoms with Gasteiger partial charge >= 0.3 is 0 Å². The van der Waals surface area contributed by atoms with Gasteiger partial charge in [0.25, 0.3) is 0 Å². The van der Waals surface area contributed by atoms with Gasteiger partial charge in [0.1, 0.15) is 11.6 Å². The lowest BCUT2D eigenvalue weighted by atomic mass is 10.2. The third-order valence-electron chi connectivity index (χ3n) is 4.21. The predicted molar refractivity (Wildman–Crippen MR) is 113 cm³/mol. The summed E-state index contributed by atoms with van der Waals surface area (Å²) in [7, 11) is 0. The van der Waals surface area contributed by atoms with Crippen molar-refractivity contribution >= 4 is 40.3 Å². The average molecular weight is 400 g/mol. The Labute approximate surface area is 171 Å². The molecule has 0 atom stereocenters. The molecule has 0 saturated carbocycles. The van der Waals surface area contributed by atoms with Gasteiger partial charge in [-0.15, -0.1) is 0 Å². The Bertz CT molecular complexity index is 1290.